The SMILES string of the molecule is C=C/C(=C\C=C(\Cl)CC(=O)Nc1ccc2c(c1)CCN2C(=O)OC(C)(C)C)NC(=O)C1C(c2cc(Cl)cc(Cl)c2)C1(Cl)Cl. The molecule has 43 heavy (non-hydrogen) atoms. The number of halogens is 5. The fraction of sp³-hybridized carbons (Fsp3) is 0.323. The highest BCUT2D eigenvalue weighted by molar-refractivity contribution is 6.53. The maximum atomic E-state index is 13.0. The van der Waals surface area contributed by atoms with Gasteiger partial charge in [-0.1, -0.05) is 41.4 Å². The van der Waals surface area contributed by atoms with Gasteiger partial charge in [0.1, 0.15) is 9.93 Å². The van der Waals surface area contributed by atoms with E-state index < -0.39 is 33.8 Å². The number of carbonyl (C=O) groups excluding carboxylic acids is 3. The first-order chi connectivity index (χ1) is 20.1. The molecule has 0 bridgehead atoms. The number of ether oxygens (including phenoxy) is 1. The van der Waals surface area contributed by atoms with Crippen molar-refractivity contribution in [2.45, 2.75) is 49.5 Å². The summed E-state index contributed by atoms with van der Waals surface area (Å²) in [4.78, 5) is 39.7. The molecule has 2 aromatic rings. The molecule has 1 aliphatic heterocycles. The van der Waals surface area contributed by atoms with Gasteiger partial charge in [-0.15, -0.1) is 23.2 Å². The van der Waals surface area contributed by atoms with E-state index in [1.54, 1.807) is 35.2 Å². The van der Waals surface area contributed by atoms with Gasteiger partial charge in [0.2, 0.25) is 11.8 Å². The zero-order chi connectivity index (χ0) is 31.7. The summed E-state index contributed by atoms with van der Waals surface area (Å²) in [6.07, 6.45) is 4.58. The summed E-state index contributed by atoms with van der Waals surface area (Å²) in [6.45, 7) is 9.67. The average Bonchev–Trinajstić information content (AvgIpc) is 3.23. The smallest absolute Gasteiger partial charge is 0.414 e. The lowest BCUT2D eigenvalue weighted by molar-refractivity contribution is -0.121. The third-order valence-electron chi connectivity index (χ3n) is 6.71. The van der Waals surface area contributed by atoms with Crippen molar-refractivity contribution in [3.05, 3.63) is 93.1 Å². The van der Waals surface area contributed by atoms with Gasteiger partial charge in [-0.25, -0.2) is 4.79 Å². The first kappa shape index (κ1) is 33.2. The number of nitrogens with zero attached hydrogens (tertiary/aromatic N) is 1. The van der Waals surface area contributed by atoms with Crippen molar-refractivity contribution in [3.8, 4) is 0 Å². The summed E-state index contributed by atoms with van der Waals surface area (Å²) in [5.41, 5.74) is 2.67. The third-order valence-corrected chi connectivity index (χ3v) is 8.35. The molecule has 0 saturated heterocycles. The second-order valence-corrected chi connectivity index (χ2v) is 14.0. The highest BCUT2D eigenvalue weighted by atomic mass is 35.5. The normalized spacial score (nSPS) is 19.4. The molecule has 0 aromatic heterocycles. The molecular formula is C31H30Cl5N3O4. The Bertz CT molecular complexity index is 1510. The van der Waals surface area contributed by atoms with Gasteiger partial charge in [0.05, 0.1) is 18.0 Å². The lowest BCUT2D eigenvalue weighted by Crippen LogP contribution is -2.35. The molecule has 0 spiro atoms. The van der Waals surface area contributed by atoms with Crippen LogP contribution in [0.2, 0.25) is 10.0 Å². The summed E-state index contributed by atoms with van der Waals surface area (Å²) in [6, 6.07) is 10.3. The molecule has 4 rings (SSSR count). The van der Waals surface area contributed by atoms with Gasteiger partial charge in [0.15, 0.2) is 0 Å². The van der Waals surface area contributed by atoms with Gasteiger partial charge >= 0.3 is 6.09 Å². The minimum atomic E-state index is -1.33. The van der Waals surface area contributed by atoms with Gasteiger partial charge in [0.25, 0.3) is 0 Å². The van der Waals surface area contributed by atoms with Crippen molar-refractivity contribution in [3.63, 3.8) is 0 Å². The van der Waals surface area contributed by atoms with Crippen LogP contribution < -0.4 is 15.5 Å². The molecule has 12 heteroatoms. The van der Waals surface area contributed by atoms with E-state index in [0.717, 1.165) is 11.3 Å². The average molecular weight is 686 g/mol. The minimum Gasteiger partial charge on any atom is -0.443 e. The van der Waals surface area contributed by atoms with Crippen molar-refractivity contribution < 1.29 is 19.1 Å². The molecule has 2 unspecified atom stereocenters. The number of fused-ring (bicyclic) bond motifs is 1. The van der Waals surface area contributed by atoms with Crippen LogP contribution >= 0.6 is 58.0 Å². The number of nitrogens with one attached hydrogen (secondary N) is 2. The van der Waals surface area contributed by atoms with E-state index in [1.807, 2.05) is 26.8 Å². The van der Waals surface area contributed by atoms with Crippen molar-refractivity contribution in [1.82, 2.24) is 5.32 Å². The third kappa shape index (κ3) is 8.28. The van der Waals surface area contributed by atoms with Crippen LogP contribution in [0.3, 0.4) is 0 Å². The Hall–Kier alpha value is -2.68. The Balaban J connectivity index is 1.34. The standard InChI is InChI=1S/C31H30Cl5N3O4/c1-5-22(38-28(41)27-26(31(27,35)36)18-12-20(33)15-21(34)13-18)7-6-19(32)16-25(40)37-23-8-9-24-17(14-23)10-11-39(24)29(42)43-30(2,3)4/h5-9,12-15,26-27H,1,10-11,16H2,2-4H3,(H,37,40)(H,38,41)/b19-6+,22-7+. The number of carbonyl (C=O) groups is 3. The highest BCUT2D eigenvalue weighted by Crippen LogP contribution is 2.65. The quantitative estimate of drug-likeness (QED) is 0.216. The van der Waals surface area contributed by atoms with E-state index >= 15 is 0 Å². The number of benzene rings is 2. The van der Waals surface area contributed by atoms with Crippen molar-refractivity contribution in [2.24, 2.45) is 5.92 Å². The van der Waals surface area contributed by atoms with Gasteiger partial charge in [-0.05, 0) is 92.9 Å². The zero-order valence-corrected chi connectivity index (χ0v) is 27.4. The van der Waals surface area contributed by atoms with E-state index in [4.69, 9.17) is 62.7 Å². The first-order valence-electron chi connectivity index (χ1n) is 13.4. The van der Waals surface area contributed by atoms with Crippen LogP contribution in [0.25, 0.3) is 0 Å². The number of anilines is 2. The number of amides is 3. The molecule has 3 amide bonds. The topological polar surface area (TPSA) is 87.7 Å². The van der Waals surface area contributed by atoms with Gasteiger partial charge < -0.3 is 15.4 Å². The summed E-state index contributed by atoms with van der Waals surface area (Å²) < 4.78 is 4.15. The molecule has 1 saturated carbocycles. The summed E-state index contributed by atoms with van der Waals surface area (Å²) in [5, 5.41) is 6.61. The Kier molecular flexibility index (Phi) is 10.1. The predicted octanol–water partition coefficient (Wildman–Crippen LogP) is 8.52. The molecule has 1 heterocycles. The predicted molar refractivity (Wildman–Crippen MR) is 174 cm³/mol. The van der Waals surface area contributed by atoms with Gasteiger partial charge in [-0.3, -0.25) is 14.5 Å². The Morgan fingerprint density at radius 1 is 1.09 bits per heavy atom. The van der Waals surface area contributed by atoms with Crippen LogP contribution in [-0.2, 0) is 20.7 Å². The van der Waals surface area contributed by atoms with Crippen LogP contribution in [0, 0.1) is 5.92 Å². The Morgan fingerprint density at radius 2 is 1.77 bits per heavy atom. The van der Waals surface area contributed by atoms with Gasteiger partial charge in [-0.2, -0.15) is 0 Å². The minimum absolute atomic E-state index is 0.107. The number of hydrogen-bond donors (Lipinski definition) is 2. The maximum Gasteiger partial charge on any atom is 0.414 e. The summed E-state index contributed by atoms with van der Waals surface area (Å²) >= 11 is 31.4. The van der Waals surface area contributed by atoms with E-state index in [0.29, 0.717) is 40.0 Å². The largest absolute Gasteiger partial charge is 0.443 e. The van der Waals surface area contributed by atoms with Crippen LogP contribution in [0.4, 0.5) is 16.2 Å². The molecule has 1 fully saturated rings. The molecule has 2 aromatic carbocycles. The van der Waals surface area contributed by atoms with Crippen LogP contribution in [0.5, 0.6) is 0 Å². The maximum absolute atomic E-state index is 13.0. The van der Waals surface area contributed by atoms with E-state index in [1.165, 1.54) is 18.2 Å². The fourth-order valence-electron chi connectivity index (χ4n) is 4.79. The number of allylic oxidation sites excluding steroid dienone is 3. The molecular weight excluding hydrogens is 656 g/mol. The van der Waals surface area contributed by atoms with E-state index in [-0.39, 0.29) is 17.4 Å². The Labute approximate surface area is 275 Å². The van der Waals surface area contributed by atoms with Crippen molar-refractivity contribution >= 4 is 87.3 Å². The van der Waals surface area contributed by atoms with Crippen molar-refractivity contribution in [2.75, 3.05) is 16.8 Å². The van der Waals surface area contributed by atoms with Gasteiger partial charge in [0, 0.05) is 38.9 Å². The molecule has 228 valence electrons. The zero-order valence-electron chi connectivity index (χ0n) is 23.6. The fourth-order valence-corrected chi connectivity index (χ4v) is 6.34. The molecule has 0 radical (unpaired) electrons. The van der Waals surface area contributed by atoms with E-state index in [2.05, 4.69) is 17.2 Å². The number of alkyl halides is 2. The van der Waals surface area contributed by atoms with Crippen LogP contribution in [-0.4, -0.2) is 34.4 Å². The van der Waals surface area contributed by atoms with E-state index in [9.17, 15) is 14.4 Å². The molecule has 2 atom stereocenters. The monoisotopic (exact) mass is 683 g/mol. The van der Waals surface area contributed by atoms with Crippen LogP contribution in [0.15, 0.2) is 71.9 Å². The number of hydrogen-bond acceptors (Lipinski definition) is 4. The number of rotatable bonds is 8. The highest BCUT2D eigenvalue weighted by Gasteiger charge is 2.67. The molecule has 2 aliphatic rings. The molecule has 7 nitrogen and oxygen atoms in total. The summed E-state index contributed by atoms with van der Waals surface area (Å²) in [7, 11) is 0. The van der Waals surface area contributed by atoms with Crippen molar-refractivity contribution in [1.29, 1.82) is 0 Å². The van der Waals surface area contributed by atoms with Crippen LogP contribution in [0.1, 0.15) is 44.2 Å². The Morgan fingerprint density at radius 3 is 2.40 bits per heavy atom. The summed E-state index contributed by atoms with van der Waals surface area (Å²) in [5.74, 6) is -2.00. The second kappa shape index (κ2) is 13.1. The molecule has 2 N–H and O–H groups in total. The first-order valence-corrected chi connectivity index (χ1v) is 15.2. The second-order valence-electron chi connectivity index (χ2n) is 11.2. The molecule has 1 aliphatic carbocycles. The lowest BCUT2D eigenvalue weighted by atomic mass is 10.1. The lowest BCUT2D eigenvalue weighted by Gasteiger charge is -2.24.